The Bertz CT molecular complexity index is 1710. The first-order valence-corrected chi connectivity index (χ1v) is 19.2. The molecular weight excluding hydrogens is 686 g/mol. The van der Waals surface area contributed by atoms with Crippen LogP contribution < -0.4 is 15.4 Å². The van der Waals surface area contributed by atoms with Crippen LogP contribution in [0, 0.1) is 17.3 Å². The largest absolute Gasteiger partial charge is 0.387 e. The van der Waals surface area contributed by atoms with Gasteiger partial charge in [0.1, 0.15) is 17.6 Å². The molecule has 1 aromatic carbocycles. The molecule has 0 radical (unpaired) electrons. The van der Waals surface area contributed by atoms with Crippen LogP contribution in [0.25, 0.3) is 0 Å². The molecule has 2 aliphatic carbocycles. The van der Waals surface area contributed by atoms with Gasteiger partial charge in [0.2, 0.25) is 27.7 Å². The zero-order valence-electron chi connectivity index (χ0n) is 28.7. The summed E-state index contributed by atoms with van der Waals surface area (Å²) in [5.74, 6) is -2.56. The average Bonchev–Trinajstić information content (AvgIpc) is 3.97. The summed E-state index contributed by atoms with van der Waals surface area (Å²) in [7, 11) is -3.89. The molecule has 5 aliphatic rings. The van der Waals surface area contributed by atoms with Gasteiger partial charge in [-0.3, -0.25) is 23.9 Å². The number of amides is 4. The van der Waals surface area contributed by atoms with Crippen molar-refractivity contribution in [3.63, 3.8) is 0 Å². The third kappa shape index (κ3) is 7.57. The zero-order chi connectivity index (χ0) is 36.1. The number of hydrogen-bond donors (Lipinski definition) is 3. The van der Waals surface area contributed by atoms with Gasteiger partial charge < -0.3 is 25.1 Å². The minimum absolute atomic E-state index is 0. The molecule has 13 nitrogen and oxygen atoms in total. The summed E-state index contributed by atoms with van der Waals surface area (Å²) < 4.78 is 32.9. The Kier molecular flexibility index (Phi) is 9.85. The number of sulfonamides is 1. The maximum atomic E-state index is 14.6. The highest BCUT2D eigenvalue weighted by Gasteiger charge is 2.63. The van der Waals surface area contributed by atoms with E-state index in [4.69, 9.17) is 21.2 Å². The first kappa shape index (κ1) is 36.3. The molecular formula is C35H48ClN5O8S. The molecule has 2 saturated heterocycles. The molecule has 3 aliphatic heterocycles. The van der Waals surface area contributed by atoms with E-state index in [9.17, 15) is 27.6 Å². The molecule has 0 aromatic heterocycles. The Morgan fingerprint density at radius 1 is 1.16 bits per heavy atom. The van der Waals surface area contributed by atoms with E-state index in [1.54, 1.807) is 18.2 Å². The minimum atomic E-state index is -3.89. The van der Waals surface area contributed by atoms with Gasteiger partial charge in [-0.25, -0.2) is 8.42 Å². The number of oxime groups is 1. The molecule has 6 rings (SSSR count). The Morgan fingerprint density at radius 2 is 1.88 bits per heavy atom. The average molecular weight is 734 g/mol. The van der Waals surface area contributed by atoms with Gasteiger partial charge in [0, 0.05) is 50.4 Å². The van der Waals surface area contributed by atoms with Crippen molar-refractivity contribution in [3.05, 3.63) is 47.5 Å². The lowest BCUT2D eigenvalue weighted by Gasteiger charge is -2.36. The van der Waals surface area contributed by atoms with Crippen molar-refractivity contribution in [2.75, 3.05) is 19.8 Å². The van der Waals surface area contributed by atoms with Crippen LogP contribution in [0.1, 0.15) is 79.1 Å². The molecule has 274 valence electrons. The number of rotatable bonds is 11. The number of halogens is 1. The van der Waals surface area contributed by atoms with E-state index < -0.39 is 67.6 Å². The van der Waals surface area contributed by atoms with E-state index in [2.05, 4.69) is 27.1 Å². The number of hydrogen-bond acceptors (Lipinski definition) is 9. The number of nitrogens with one attached hydrogen (secondary N) is 3. The van der Waals surface area contributed by atoms with Crippen LogP contribution in [-0.2, 0) is 38.8 Å². The molecule has 4 amide bonds. The van der Waals surface area contributed by atoms with Crippen LogP contribution in [0.3, 0.4) is 0 Å². The quantitative estimate of drug-likeness (QED) is 0.291. The molecule has 4 fully saturated rings. The fourth-order valence-corrected chi connectivity index (χ4v) is 8.77. The highest BCUT2D eigenvalue weighted by Crippen LogP contribution is 2.46. The summed E-state index contributed by atoms with van der Waals surface area (Å²) in [4.78, 5) is 63.2. The van der Waals surface area contributed by atoms with Crippen molar-refractivity contribution in [3.8, 4) is 0 Å². The van der Waals surface area contributed by atoms with E-state index in [1.165, 1.54) is 11.0 Å². The molecule has 0 unspecified atom stereocenters. The van der Waals surface area contributed by atoms with Crippen LogP contribution in [0.2, 0.25) is 5.02 Å². The molecule has 2 saturated carbocycles. The molecule has 50 heavy (non-hydrogen) atoms. The second-order valence-electron chi connectivity index (χ2n) is 15.5. The van der Waals surface area contributed by atoms with Crippen LogP contribution in [0.15, 0.2) is 42.1 Å². The van der Waals surface area contributed by atoms with E-state index in [0.29, 0.717) is 36.8 Å². The number of ether oxygens (including phenoxy) is 1. The lowest BCUT2D eigenvalue weighted by atomic mass is 9.85. The van der Waals surface area contributed by atoms with Gasteiger partial charge in [-0.05, 0) is 55.6 Å². The maximum absolute atomic E-state index is 14.6. The second kappa shape index (κ2) is 13.6. The Hall–Kier alpha value is -3.49. The minimum Gasteiger partial charge on any atom is -0.387 e. The first-order valence-electron chi connectivity index (χ1n) is 17.2. The Morgan fingerprint density at radius 3 is 2.50 bits per heavy atom. The predicted octanol–water partition coefficient (Wildman–Crippen LogP) is 3.07. The highest BCUT2D eigenvalue weighted by atomic mass is 35.5. The third-order valence-corrected chi connectivity index (χ3v) is 12.5. The summed E-state index contributed by atoms with van der Waals surface area (Å²) in [6.07, 6.45) is 4.69. The van der Waals surface area contributed by atoms with Crippen LogP contribution in [0.5, 0.6) is 0 Å². The molecule has 3 heterocycles. The number of benzene rings is 1. The van der Waals surface area contributed by atoms with Gasteiger partial charge in [-0.15, -0.1) is 6.58 Å². The monoisotopic (exact) mass is 733 g/mol. The van der Waals surface area contributed by atoms with E-state index in [-0.39, 0.29) is 45.5 Å². The smallest absolute Gasteiger partial charge is 0.259 e. The summed E-state index contributed by atoms with van der Waals surface area (Å²) in [6.45, 7) is 10.5. The summed E-state index contributed by atoms with van der Waals surface area (Å²) in [5, 5.41) is 10.0. The second-order valence-corrected chi connectivity index (χ2v) is 17.9. The highest BCUT2D eigenvalue weighted by molar-refractivity contribution is 7.91. The molecule has 0 bridgehead atoms. The SMILES string of the molecule is C=C[C@@H]1C[C@]1(NC(=O)[C@@H]1C[C@]2(CC(c3cccc(Cl)c3)=NO2)CN1C(=O)[C@@H](NC(=O)CC1CCOCC1)C(C)(C)C)C(=O)NS(=O)(=O)C1CC1.[HH]. The van der Waals surface area contributed by atoms with Crippen molar-refractivity contribution in [2.45, 2.75) is 101 Å². The summed E-state index contributed by atoms with van der Waals surface area (Å²) in [6, 6.07) is 5.03. The fraction of sp³-hybridized carbons (Fsp3) is 0.629. The topological polar surface area (TPSA) is 173 Å². The van der Waals surface area contributed by atoms with Gasteiger partial charge in [0.25, 0.3) is 5.91 Å². The van der Waals surface area contributed by atoms with Crippen molar-refractivity contribution >= 4 is 51.0 Å². The molecule has 1 aromatic rings. The van der Waals surface area contributed by atoms with Crippen molar-refractivity contribution in [1.29, 1.82) is 0 Å². The Balaban J connectivity index is 0.00000504. The Labute approximate surface area is 299 Å². The summed E-state index contributed by atoms with van der Waals surface area (Å²) >= 11 is 6.24. The van der Waals surface area contributed by atoms with Crippen molar-refractivity contribution in [1.82, 2.24) is 20.3 Å². The predicted molar refractivity (Wildman–Crippen MR) is 187 cm³/mol. The lowest BCUT2D eigenvalue weighted by molar-refractivity contribution is -0.145. The molecule has 1 spiro atoms. The fourth-order valence-electron chi connectivity index (χ4n) is 7.22. The molecule has 3 N–H and O–H groups in total. The van der Waals surface area contributed by atoms with Gasteiger partial charge in [-0.1, -0.05) is 55.7 Å². The third-order valence-electron chi connectivity index (χ3n) is 10.5. The van der Waals surface area contributed by atoms with Crippen LogP contribution in [0.4, 0.5) is 0 Å². The standard InChI is InChI=1S/C35H46ClN5O8S.H2/c1-5-23-17-35(23,32(45)40-50(46,47)25-9-10-25)38-30(43)27-19-34(18-26(39-49-34)22-7-6-8-24(36)16-22)20-41(27)31(44)29(33(2,3)4)37-28(42)15-21-11-13-48-14-12-21;/h5-8,16,21,23,25,27,29H,1,9-15,17-20H2,2-4H3,(H,37,42)(H,38,43)(H,40,45);1H/t23-,27+,29-,34-,35-;/m1./s1. The molecule has 15 heteroatoms. The number of carbonyl (C=O) groups is 4. The maximum Gasteiger partial charge on any atom is 0.259 e. The van der Waals surface area contributed by atoms with Gasteiger partial charge in [0.15, 0.2) is 5.60 Å². The van der Waals surface area contributed by atoms with Crippen LogP contribution in [-0.4, -0.2) is 90.9 Å². The normalized spacial score (nSPS) is 28.7. The number of nitrogens with zero attached hydrogens (tertiary/aromatic N) is 2. The first-order chi connectivity index (χ1) is 23.6. The van der Waals surface area contributed by atoms with E-state index >= 15 is 0 Å². The summed E-state index contributed by atoms with van der Waals surface area (Å²) in [5.41, 5.74) is -2.00. The van der Waals surface area contributed by atoms with Gasteiger partial charge >= 0.3 is 0 Å². The van der Waals surface area contributed by atoms with Gasteiger partial charge in [-0.2, -0.15) is 0 Å². The van der Waals surface area contributed by atoms with Crippen molar-refractivity contribution < 1.29 is 38.6 Å². The molecule has 5 atom stereocenters. The van der Waals surface area contributed by atoms with E-state index in [1.807, 2.05) is 26.8 Å². The lowest BCUT2D eigenvalue weighted by Crippen LogP contribution is -2.60. The zero-order valence-corrected chi connectivity index (χ0v) is 30.3. The van der Waals surface area contributed by atoms with Gasteiger partial charge in [0.05, 0.1) is 17.5 Å². The number of likely N-dealkylation sites (tertiary alicyclic amines) is 1. The van der Waals surface area contributed by atoms with Crippen LogP contribution >= 0.6 is 11.6 Å². The van der Waals surface area contributed by atoms with E-state index in [0.717, 1.165) is 18.4 Å². The number of carbonyl (C=O) groups excluding carboxylic acids is 4. The van der Waals surface area contributed by atoms with Crippen molar-refractivity contribution in [2.24, 2.45) is 22.4 Å².